The lowest BCUT2D eigenvalue weighted by atomic mass is 9.52. The Balaban J connectivity index is 1.30. The van der Waals surface area contributed by atoms with E-state index in [2.05, 4.69) is 11.0 Å². The second-order valence-corrected chi connectivity index (χ2v) is 9.33. The fraction of sp³-hybridized carbons (Fsp3) is 0.480. The summed E-state index contributed by atoms with van der Waals surface area (Å²) in [6.45, 7) is 1.61. The Labute approximate surface area is 176 Å². The predicted molar refractivity (Wildman–Crippen MR) is 112 cm³/mol. The highest BCUT2D eigenvalue weighted by atomic mass is 16.7. The van der Waals surface area contributed by atoms with Crippen LogP contribution in [0.5, 0.6) is 17.2 Å². The summed E-state index contributed by atoms with van der Waals surface area (Å²) in [5.74, 6) is 2.47. The zero-order valence-electron chi connectivity index (χ0n) is 17.1. The zero-order chi connectivity index (χ0) is 20.3. The number of phenols is 1. The number of hydrogen-bond acceptors (Lipinski definition) is 5. The zero-order valence-corrected chi connectivity index (χ0v) is 17.1. The molecule has 2 fully saturated rings. The number of ether oxygens (including phenoxy) is 2. The second-order valence-electron chi connectivity index (χ2n) is 9.33. The van der Waals surface area contributed by atoms with E-state index in [1.807, 2.05) is 30.3 Å². The lowest BCUT2D eigenvalue weighted by molar-refractivity contribution is -0.00848. The van der Waals surface area contributed by atoms with Crippen LogP contribution in [0, 0.1) is 5.92 Å². The summed E-state index contributed by atoms with van der Waals surface area (Å²) in [4.78, 5) is 15.6. The number of aromatic hydroxyl groups is 1. The third-order valence-corrected chi connectivity index (χ3v) is 7.98. The number of benzene rings is 2. The third-order valence-electron chi connectivity index (χ3n) is 7.98. The van der Waals surface area contributed by atoms with Crippen LogP contribution in [0.3, 0.4) is 0 Å². The fourth-order valence-electron chi connectivity index (χ4n) is 6.61. The van der Waals surface area contributed by atoms with Gasteiger partial charge in [0.05, 0.1) is 6.54 Å². The van der Waals surface area contributed by atoms with Gasteiger partial charge in [-0.1, -0.05) is 18.9 Å². The number of likely N-dealkylation sites (tertiary alicyclic amines) is 1. The molecule has 1 saturated carbocycles. The van der Waals surface area contributed by atoms with Gasteiger partial charge in [-0.2, -0.15) is 0 Å². The third kappa shape index (κ3) is 2.68. The predicted octanol–water partition coefficient (Wildman–Crippen LogP) is 4.06. The number of phenolic OH excluding ortho intramolecular Hbond substituents is 1. The monoisotopic (exact) mass is 405 g/mol. The average Bonchev–Trinajstić information content (AvgIpc) is 3.24. The molecule has 0 amide bonds. The number of fused-ring (bicyclic) bond motifs is 2. The Morgan fingerprint density at radius 1 is 1.10 bits per heavy atom. The highest BCUT2D eigenvalue weighted by Gasteiger charge is 2.53. The highest BCUT2D eigenvalue weighted by molar-refractivity contribution is 5.98. The lowest BCUT2D eigenvalue weighted by Gasteiger charge is -2.59. The second kappa shape index (κ2) is 6.74. The van der Waals surface area contributed by atoms with Crippen molar-refractivity contribution < 1.29 is 19.4 Å². The maximum atomic E-state index is 13.2. The van der Waals surface area contributed by atoms with Gasteiger partial charge in [0.25, 0.3) is 0 Å². The van der Waals surface area contributed by atoms with Crippen LogP contribution in [0.1, 0.15) is 53.6 Å². The normalized spacial score (nSPS) is 29.2. The molecule has 2 aliphatic heterocycles. The van der Waals surface area contributed by atoms with Gasteiger partial charge < -0.3 is 14.6 Å². The van der Waals surface area contributed by atoms with E-state index in [-0.39, 0.29) is 18.0 Å². The Morgan fingerprint density at radius 2 is 2.00 bits per heavy atom. The highest BCUT2D eigenvalue weighted by Crippen LogP contribution is 2.56. The van der Waals surface area contributed by atoms with Crippen molar-refractivity contribution in [1.82, 2.24) is 4.90 Å². The van der Waals surface area contributed by atoms with E-state index in [1.165, 1.54) is 36.8 Å². The first kappa shape index (κ1) is 18.3. The van der Waals surface area contributed by atoms with Crippen LogP contribution in [0.2, 0.25) is 0 Å². The first-order chi connectivity index (χ1) is 14.6. The van der Waals surface area contributed by atoms with Crippen LogP contribution in [-0.2, 0) is 11.8 Å². The molecule has 156 valence electrons. The van der Waals surface area contributed by atoms with Gasteiger partial charge in [-0.3, -0.25) is 9.69 Å². The number of Topliss-reactive ketones (excluding diaryl/α,β-unsaturated/α-hetero) is 1. The molecule has 5 nitrogen and oxygen atoms in total. The number of piperidine rings is 1. The van der Waals surface area contributed by atoms with Crippen LogP contribution in [-0.4, -0.2) is 41.7 Å². The lowest BCUT2D eigenvalue weighted by Crippen LogP contribution is -2.61. The molecule has 3 atom stereocenters. The molecular formula is C25H27NO4. The van der Waals surface area contributed by atoms with Gasteiger partial charge in [0.2, 0.25) is 6.79 Å². The molecule has 4 aliphatic rings. The van der Waals surface area contributed by atoms with Gasteiger partial charge in [-0.15, -0.1) is 0 Å². The summed E-state index contributed by atoms with van der Waals surface area (Å²) < 4.78 is 10.8. The molecule has 0 unspecified atom stereocenters. The molecular weight excluding hydrogens is 378 g/mol. The minimum Gasteiger partial charge on any atom is -0.508 e. The van der Waals surface area contributed by atoms with E-state index in [0.29, 0.717) is 41.3 Å². The number of ketones is 1. The Morgan fingerprint density at radius 3 is 2.93 bits per heavy atom. The molecule has 2 aromatic carbocycles. The SMILES string of the molecule is O=C(CN1CC[C@]23CCCC[C@H]2[C@H]1Cc1ccc(O)cc13)c1ccc2c(c1)OCO2. The molecule has 2 bridgehead atoms. The first-order valence-electron chi connectivity index (χ1n) is 11.1. The van der Waals surface area contributed by atoms with Gasteiger partial charge in [0.15, 0.2) is 17.3 Å². The maximum absolute atomic E-state index is 13.2. The van der Waals surface area contributed by atoms with Gasteiger partial charge in [0.1, 0.15) is 5.75 Å². The van der Waals surface area contributed by atoms with Crippen molar-refractivity contribution in [3.63, 3.8) is 0 Å². The number of hydrogen-bond donors (Lipinski definition) is 1. The standard InChI is InChI=1S/C25H27NO4/c27-18-6-4-16-11-21-19-3-1-2-8-25(19,20(16)13-18)9-10-26(21)14-22(28)17-5-7-23-24(12-17)30-15-29-23/h4-7,12-13,19,21,27H,1-3,8-11,14-15H2/t19-,21+,25+/m0/s1. The van der Waals surface area contributed by atoms with Crippen molar-refractivity contribution in [2.24, 2.45) is 5.92 Å². The summed E-state index contributed by atoms with van der Waals surface area (Å²) in [5.41, 5.74) is 3.61. The van der Waals surface area contributed by atoms with Crippen LogP contribution in [0.25, 0.3) is 0 Å². The smallest absolute Gasteiger partial charge is 0.231 e. The molecule has 5 heteroatoms. The molecule has 2 heterocycles. The fourth-order valence-corrected chi connectivity index (χ4v) is 6.61. The maximum Gasteiger partial charge on any atom is 0.231 e. The summed E-state index contributed by atoms with van der Waals surface area (Å²) in [7, 11) is 0. The topological polar surface area (TPSA) is 59.0 Å². The van der Waals surface area contributed by atoms with E-state index >= 15 is 0 Å². The van der Waals surface area contributed by atoms with E-state index in [0.717, 1.165) is 19.4 Å². The summed E-state index contributed by atoms with van der Waals surface area (Å²) in [5, 5.41) is 10.2. The number of rotatable bonds is 3. The van der Waals surface area contributed by atoms with Crippen molar-refractivity contribution in [2.45, 2.75) is 50.0 Å². The molecule has 6 rings (SSSR count). The van der Waals surface area contributed by atoms with Crippen molar-refractivity contribution in [1.29, 1.82) is 0 Å². The summed E-state index contributed by atoms with van der Waals surface area (Å²) in [6.07, 6.45) is 6.98. The molecule has 0 spiro atoms. The van der Waals surface area contributed by atoms with Crippen molar-refractivity contribution in [3.05, 3.63) is 53.1 Å². The molecule has 2 aliphatic carbocycles. The number of carbonyl (C=O) groups excluding carboxylic acids is 1. The van der Waals surface area contributed by atoms with Gasteiger partial charge in [-0.05, 0) is 79.6 Å². The van der Waals surface area contributed by atoms with Gasteiger partial charge in [-0.25, -0.2) is 0 Å². The summed E-state index contributed by atoms with van der Waals surface area (Å²) in [6, 6.07) is 11.8. The van der Waals surface area contributed by atoms with E-state index in [9.17, 15) is 9.90 Å². The van der Waals surface area contributed by atoms with Crippen LogP contribution in [0.4, 0.5) is 0 Å². The molecule has 0 aromatic heterocycles. The quantitative estimate of drug-likeness (QED) is 0.781. The summed E-state index contributed by atoms with van der Waals surface area (Å²) >= 11 is 0. The Hall–Kier alpha value is -2.53. The molecule has 1 N–H and O–H groups in total. The molecule has 0 radical (unpaired) electrons. The first-order valence-corrected chi connectivity index (χ1v) is 11.1. The van der Waals surface area contributed by atoms with Crippen LogP contribution < -0.4 is 9.47 Å². The van der Waals surface area contributed by atoms with Crippen LogP contribution in [0.15, 0.2) is 36.4 Å². The van der Waals surface area contributed by atoms with Crippen molar-refractivity contribution >= 4 is 5.78 Å². The van der Waals surface area contributed by atoms with E-state index in [1.54, 1.807) is 0 Å². The van der Waals surface area contributed by atoms with Crippen molar-refractivity contribution in [2.75, 3.05) is 19.9 Å². The van der Waals surface area contributed by atoms with Gasteiger partial charge in [0, 0.05) is 17.0 Å². The number of carbonyl (C=O) groups is 1. The Bertz CT molecular complexity index is 1020. The molecule has 2 aromatic rings. The van der Waals surface area contributed by atoms with E-state index < -0.39 is 0 Å². The minimum atomic E-state index is 0.146. The number of nitrogens with zero attached hydrogens (tertiary/aromatic N) is 1. The molecule has 30 heavy (non-hydrogen) atoms. The van der Waals surface area contributed by atoms with E-state index in [4.69, 9.17) is 9.47 Å². The Kier molecular flexibility index (Phi) is 4.10. The minimum absolute atomic E-state index is 0.146. The average molecular weight is 405 g/mol. The van der Waals surface area contributed by atoms with Crippen LogP contribution >= 0.6 is 0 Å². The van der Waals surface area contributed by atoms with Crippen molar-refractivity contribution in [3.8, 4) is 17.2 Å². The largest absolute Gasteiger partial charge is 0.508 e. The van der Waals surface area contributed by atoms with Gasteiger partial charge >= 0.3 is 0 Å². The molecule has 1 saturated heterocycles.